The molecule has 0 amide bonds. The highest BCUT2D eigenvalue weighted by molar-refractivity contribution is 6.17. The van der Waals surface area contributed by atoms with E-state index in [-0.39, 0.29) is 0 Å². The first-order valence-corrected chi connectivity index (χ1v) is 6.55. The lowest BCUT2D eigenvalue weighted by atomic mass is 10.1. The van der Waals surface area contributed by atoms with Gasteiger partial charge in [-0.2, -0.15) is 0 Å². The Bertz CT molecular complexity index is 479. The van der Waals surface area contributed by atoms with Crippen molar-refractivity contribution in [1.82, 2.24) is 4.98 Å². The maximum absolute atomic E-state index is 5.81. The van der Waals surface area contributed by atoms with Crippen molar-refractivity contribution in [3.8, 4) is 0 Å². The zero-order valence-corrected chi connectivity index (χ0v) is 10.7. The fraction of sp³-hybridized carbons (Fsp3) is 0.357. The molecule has 0 saturated heterocycles. The third-order valence-electron chi connectivity index (χ3n) is 2.96. The Morgan fingerprint density at radius 2 is 2.12 bits per heavy atom. The Hall–Kier alpha value is -1.28. The second-order valence-corrected chi connectivity index (χ2v) is 4.48. The third-order valence-corrected chi connectivity index (χ3v) is 3.18. The first kappa shape index (κ1) is 12.2. The summed E-state index contributed by atoms with van der Waals surface area (Å²) in [5.41, 5.74) is 2.17. The van der Waals surface area contributed by atoms with Gasteiger partial charge in [0.25, 0.3) is 0 Å². The zero-order chi connectivity index (χ0) is 12.1. The van der Waals surface area contributed by atoms with Crippen LogP contribution in [0.3, 0.4) is 0 Å². The number of anilines is 1. The molecule has 0 bridgehead atoms. The van der Waals surface area contributed by atoms with Gasteiger partial charge in [-0.1, -0.05) is 25.1 Å². The van der Waals surface area contributed by atoms with Gasteiger partial charge < -0.3 is 5.32 Å². The summed E-state index contributed by atoms with van der Waals surface area (Å²) in [6.45, 7) is 2.17. The van der Waals surface area contributed by atoms with Gasteiger partial charge in [-0.3, -0.25) is 4.98 Å². The van der Waals surface area contributed by atoms with Gasteiger partial charge in [0, 0.05) is 29.2 Å². The number of hydrogen-bond acceptors (Lipinski definition) is 2. The lowest BCUT2D eigenvalue weighted by molar-refractivity contribution is 0.676. The van der Waals surface area contributed by atoms with E-state index < -0.39 is 0 Å². The Kier molecular flexibility index (Phi) is 4.21. The Balaban J connectivity index is 2.28. The minimum Gasteiger partial charge on any atom is -0.382 e. The highest BCUT2D eigenvalue weighted by atomic mass is 35.5. The molecule has 1 aromatic carbocycles. The van der Waals surface area contributed by atoms with E-state index in [9.17, 15) is 0 Å². The first-order chi connectivity index (χ1) is 8.35. The number of nitrogens with zero attached hydrogens (tertiary/aromatic N) is 1. The number of halogens is 1. The molecule has 0 saturated carbocycles. The van der Waals surface area contributed by atoms with Gasteiger partial charge in [0.05, 0.1) is 5.52 Å². The number of nitrogens with one attached hydrogen (secondary N) is 1. The number of pyridine rings is 1. The summed E-state index contributed by atoms with van der Waals surface area (Å²) in [7, 11) is 0. The molecule has 90 valence electrons. The highest BCUT2D eigenvalue weighted by Crippen LogP contribution is 2.22. The molecule has 1 aromatic heterocycles. The van der Waals surface area contributed by atoms with Crippen molar-refractivity contribution in [3.05, 3.63) is 36.5 Å². The van der Waals surface area contributed by atoms with Gasteiger partial charge in [-0.15, -0.1) is 11.6 Å². The first-order valence-electron chi connectivity index (χ1n) is 6.01. The number of alkyl halides is 1. The zero-order valence-electron chi connectivity index (χ0n) is 9.99. The molecular weight excluding hydrogens is 232 g/mol. The molecule has 1 atom stereocenters. The van der Waals surface area contributed by atoms with Crippen molar-refractivity contribution in [1.29, 1.82) is 0 Å². The molecule has 0 aliphatic rings. The second-order valence-electron chi connectivity index (χ2n) is 4.10. The van der Waals surface area contributed by atoms with Crippen LogP contribution in [-0.4, -0.2) is 16.9 Å². The van der Waals surface area contributed by atoms with E-state index in [1.165, 1.54) is 5.39 Å². The van der Waals surface area contributed by atoms with Gasteiger partial charge in [0.2, 0.25) is 0 Å². The molecule has 1 heterocycles. The van der Waals surface area contributed by atoms with E-state index in [0.717, 1.165) is 24.0 Å². The maximum atomic E-state index is 5.81. The van der Waals surface area contributed by atoms with Crippen LogP contribution < -0.4 is 5.32 Å². The maximum Gasteiger partial charge on any atom is 0.0722 e. The van der Waals surface area contributed by atoms with E-state index in [0.29, 0.717) is 11.9 Å². The van der Waals surface area contributed by atoms with Gasteiger partial charge >= 0.3 is 0 Å². The number of aromatic nitrogens is 1. The molecule has 2 nitrogen and oxygen atoms in total. The molecule has 0 radical (unpaired) electrons. The molecule has 0 aliphatic heterocycles. The fourth-order valence-corrected chi connectivity index (χ4v) is 2.22. The molecule has 0 fully saturated rings. The largest absolute Gasteiger partial charge is 0.382 e. The lowest BCUT2D eigenvalue weighted by Crippen LogP contribution is -2.19. The minimum atomic E-state index is 0.429. The van der Waals surface area contributed by atoms with Crippen LogP contribution in [0.1, 0.15) is 19.8 Å². The molecule has 2 aromatic rings. The quantitative estimate of drug-likeness (QED) is 0.808. The SMILES string of the molecule is CCC(CCCl)Nc1ccnc2ccccc12. The average Bonchev–Trinajstić information content (AvgIpc) is 2.38. The van der Waals surface area contributed by atoms with Crippen molar-refractivity contribution in [2.24, 2.45) is 0 Å². The summed E-state index contributed by atoms with van der Waals surface area (Å²) in [5, 5.41) is 4.72. The van der Waals surface area contributed by atoms with E-state index >= 15 is 0 Å². The molecule has 0 spiro atoms. The van der Waals surface area contributed by atoms with Crippen LogP contribution in [0.25, 0.3) is 10.9 Å². The summed E-state index contributed by atoms with van der Waals surface area (Å²) in [6.07, 6.45) is 3.90. The van der Waals surface area contributed by atoms with Crippen molar-refractivity contribution in [3.63, 3.8) is 0 Å². The number of hydrogen-bond donors (Lipinski definition) is 1. The second kappa shape index (κ2) is 5.87. The summed E-state index contributed by atoms with van der Waals surface area (Å²) < 4.78 is 0. The Morgan fingerprint density at radius 1 is 1.29 bits per heavy atom. The summed E-state index contributed by atoms with van der Waals surface area (Å²) in [4.78, 5) is 4.35. The van der Waals surface area contributed by atoms with E-state index in [2.05, 4.69) is 23.3 Å². The highest BCUT2D eigenvalue weighted by Gasteiger charge is 2.07. The van der Waals surface area contributed by atoms with Gasteiger partial charge in [-0.05, 0) is 25.0 Å². The molecule has 17 heavy (non-hydrogen) atoms. The van der Waals surface area contributed by atoms with Crippen LogP contribution in [0.5, 0.6) is 0 Å². The van der Waals surface area contributed by atoms with Crippen LogP contribution in [-0.2, 0) is 0 Å². The summed E-state index contributed by atoms with van der Waals surface area (Å²) in [5.74, 6) is 0.689. The number of rotatable bonds is 5. The smallest absolute Gasteiger partial charge is 0.0722 e. The van der Waals surface area contributed by atoms with E-state index in [4.69, 9.17) is 11.6 Å². The monoisotopic (exact) mass is 248 g/mol. The van der Waals surface area contributed by atoms with Crippen LogP contribution >= 0.6 is 11.6 Å². The summed E-state index contributed by atoms with van der Waals surface area (Å²) in [6, 6.07) is 10.6. The van der Waals surface area contributed by atoms with Crippen molar-refractivity contribution >= 4 is 28.2 Å². The Labute approximate surface area is 107 Å². The van der Waals surface area contributed by atoms with Crippen molar-refractivity contribution in [2.75, 3.05) is 11.2 Å². The fourth-order valence-electron chi connectivity index (χ4n) is 1.95. The summed E-state index contributed by atoms with van der Waals surface area (Å²) >= 11 is 5.81. The molecule has 1 N–H and O–H groups in total. The van der Waals surface area contributed by atoms with Gasteiger partial charge in [-0.25, -0.2) is 0 Å². The average molecular weight is 249 g/mol. The van der Waals surface area contributed by atoms with E-state index in [1.807, 2.05) is 30.5 Å². The van der Waals surface area contributed by atoms with Crippen LogP contribution in [0, 0.1) is 0 Å². The van der Waals surface area contributed by atoms with Crippen molar-refractivity contribution < 1.29 is 0 Å². The van der Waals surface area contributed by atoms with Crippen LogP contribution in [0.4, 0.5) is 5.69 Å². The van der Waals surface area contributed by atoms with Crippen molar-refractivity contribution in [2.45, 2.75) is 25.8 Å². The third kappa shape index (κ3) is 2.89. The normalized spacial score (nSPS) is 12.6. The van der Waals surface area contributed by atoms with Gasteiger partial charge in [0.15, 0.2) is 0 Å². The predicted molar refractivity (Wildman–Crippen MR) is 74.8 cm³/mol. The number of para-hydroxylation sites is 1. The van der Waals surface area contributed by atoms with E-state index in [1.54, 1.807) is 0 Å². The topological polar surface area (TPSA) is 24.9 Å². The molecule has 2 rings (SSSR count). The minimum absolute atomic E-state index is 0.429. The molecule has 0 aliphatic carbocycles. The standard InChI is InChI=1S/C14H17ClN2/c1-2-11(7-9-15)17-14-8-10-16-13-6-4-3-5-12(13)14/h3-6,8,10-11H,2,7,9H2,1H3,(H,16,17). The number of fused-ring (bicyclic) bond motifs is 1. The molecular formula is C14H17ClN2. The lowest BCUT2D eigenvalue weighted by Gasteiger charge is -2.18. The molecule has 1 unspecified atom stereocenters. The van der Waals surface area contributed by atoms with Crippen LogP contribution in [0.2, 0.25) is 0 Å². The predicted octanol–water partition coefficient (Wildman–Crippen LogP) is 4.05. The van der Waals surface area contributed by atoms with Gasteiger partial charge in [0.1, 0.15) is 0 Å². The molecule has 3 heteroatoms. The Morgan fingerprint density at radius 3 is 2.88 bits per heavy atom. The number of benzene rings is 1. The van der Waals surface area contributed by atoms with Crippen LogP contribution in [0.15, 0.2) is 36.5 Å².